The molecule has 0 saturated carbocycles. The molecule has 4 amide bonds. The number of carbonyl (C=O) groups is 3. The Morgan fingerprint density at radius 2 is 1.82 bits per heavy atom. The molecule has 12 nitrogen and oxygen atoms in total. The summed E-state index contributed by atoms with van der Waals surface area (Å²) < 4.78 is 16.5. The number of allylic oxidation sites excluding steroid dienone is 4. The first kappa shape index (κ1) is 31.8. The van der Waals surface area contributed by atoms with Gasteiger partial charge in [0, 0.05) is 25.9 Å². The van der Waals surface area contributed by atoms with Gasteiger partial charge in [-0.15, -0.1) is 0 Å². The van der Waals surface area contributed by atoms with Gasteiger partial charge in [-0.1, -0.05) is 36.4 Å². The van der Waals surface area contributed by atoms with E-state index < -0.39 is 23.6 Å². The van der Waals surface area contributed by atoms with E-state index in [4.69, 9.17) is 14.2 Å². The summed E-state index contributed by atoms with van der Waals surface area (Å²) in [6.45, 7) is 5.60. The highest BCUT2D eigenvalue weighted by Crippen LogP contribution is 2.26. The molecule has 44 heavy (non-hydrogen) atoms. The summed E-state index contributed by atoms with van der Waals surface area (Å²) in [5.41, 5.74) is 1.83. The third-order valence-electron chi connectivity index (χ3n) is 6.25. The second kappa shape index (κ2) is 14.9. The van der Waals surface area contributed by atoms with Crippen molar-refractivity contribution in [3.63, 3.8) is 0 Å². The van der Waals surface area contributed by atoms with E-state index in [0.717, 1.165) is 18.4 Å². The lowest BCUT2D eigenvalue weighted by atomic mass is 10.0. The van der Waals surface area contributed by atoms with Gasteiger partial charge in [0.1, 0.15) is 17.6 Å². The molecule has 1 aliphatic heterocycles. The maximum absolute atomic E-state index is 13.2. The van der Waals surface area contributed by atoms with Gasteiger partial charge in [0.15, 0.2) is 12.0 Å². The summed E-state index contributed by atoms with van der Waals surface area (Å²) >= 11 is 0. The van der Waals surface area contributed by atoms with Crippen LogP contribution in [0.15, 0.2) is 90.6 Å². The van der Waals surface area contributed by atoms with E-state index in [9.17, 15) is 19.5 Å². The lowest BCUT2D eigenvalue weighted by Gasteiger charge is -2.25. The van der Waals surface area contributed by atoms with E-state index >= 15 is 0 Å². The molecule has 1 aliphatic carbocycles. The Bertz CT molecular complexity index is 1470. The van der Waals surface area contributed by atoms with Gasteiger partial charge in [0.25, 0.3) is 5.91 Å². The van der Waals surface area contributed by atoms with Crippen LogP contribution < -0.4 is 16.0 Å². The van der Waals surface area contributed by atoms with Crippen molar-refractivity contribution in [2.75, 3.05) is 23.8 Å². The number of rotatable bonds is 10. The third-order valence-corrected chi connectivity index (χ3v) is 6.25. The number of urea groups is 1. The van der Waals surface area contributed by atoms with Gasteiger partial charge in [-0.05, 0) is 69.4 Å². The van der Waals surface area contributed by atoms with Gasteiger partial charge < -0.3 is 29.5 Å². The van der Waals surface area contributed by atoms with E-state index in [1.807, 2.05) is 12.2 Å². The number of para-hydroxylation sites is 2. The Morgan fingerprint density at radius 3 is 2.48 bits per heavy atom. The SMILES string of the molecule is CC(C)(C)OC(=O)Nc1ccccc1NC(=O)c1ccc(CN(CCCO)C(=O)NC2=COC=C(C3=CC=CCC3)O2)cn1. The van der Waals surface area contributed by atoms with Crippen molar-refractivity contribution in [3.05, 3.63) is 102 Å². The molecule has 1 aromatic heterocycles. The predicted molar refractivity (Wildman–Crippen MR) is 164 cm³/mol. The number of hydrogen-bond acceptors (Lipinski definition) is 8. The number of amides is 4. The van der Waals surface area contributed by atoms with Gasteiger partial charge in [0.2, 0.25) is 5.88 Å². The van der Waals surface area contributed by atoms with Gasteiger partial charge in [-0.25, -0.2) is 9.59 Å². The summed E-state index contributed by atoms with van der Waals surface area (Å²) in [5.74, 6) is 0.178. The van der Waals surface area contributed by atoms with Crippen molar-refractivity contribution >= 4 is 29.4 Å². The van der Waals surface area contributed by atoms with Crippen LogP contribution in [0.2, 0.25) is 0 Å². The molecule has 232 valence electrons. The number of nitrogens with one attached hydrogen (secondary N) is 3. The van der Waals surface area contributed by atoms with E-state index in [0.29, 0.717) is 29.1 Å². The third kappa shape index (κ3) is 9.46. The number of aliphatic hydroxyl groups excluding tert-OH is 1. The van der Waals surface area contributed by atoms with Crippen LogP contribution in [0.5, 0.6) is 0 Å². The molecule has 12 heteroatoms. The highest BCUT2D eigenvalue weighted by molar-refractivity contribution is 6.05. The topological polar surface area (TPSA) is 151 Å². The number of benzene rings is 1. The first-order valence-electron chi connectivity index (χ1n) is 14.2. The first-order valence-corrected chi connectivity index (χ1v) is 14.2. The van der Waals surface area contributed by atoms with Crippen molar-refractivity contribution in [1.29, 1.82) is 0 Å². The smallest absolute Gasteiger partial charge is 0.412 e. The fourth-order valence-corrected chi connectivity index (χ4v) is 4.20. The van der Waals surface area contributed by atoms with Crippen LogP contribution in [0, 0.1) is 0 Å². The van der Waals surface area contributed by atoms with Gasteiger partial charge in [-0.2, -0.15) is 0 Å². The lowest BCUT2D eigenvalue weighted by molar-refractivity contribution is 0.0635. The van der Waals surface area contributed by atoms with Crippen molar-refractivity contribution < 1.29 is 33.7 Å². The van der Waals surface area contributed by atoms with E-state index in [1.54, 1.807) is 57.2 Å². The number of aliphatic hydroxyl groups is 1. The maximum atomic E-state index is 13.2. The minimum absolute atomic E-state index is 0.0950. The Kier molecular flexibility index (Phi) is 10.8. The monoisotopic (exact) mass is 603 g/mol. The molecule has 2 heterocycles. The predicted octanol–water partition coefficient (Wildman–Crippen LogP) is 5.54. The highest BCUT2D eigenvalue weighted by Gasteiger charge is 2.21. The number of nitrogens with zero attached hydrogens (tertiary/aromatic N) is 2. The van der Waals surface area contributed by atoms with E-state index in [-0.39, 0.29) is 31.3 Å². The Balaban J connectivity index is 1.36. The number of carbonyl (C=O) groups excluding carboxylic acids is 3. The maximum Gasteiger partial charge on any atom is 0.412 e. The van der Waals surface area contributed by atoms with E-state index in [2.05, 4.69) is 27.0 Å². The Morgan fingerprint density at radius 1 is 1.05 bits per heavy atom. The molecule has 0 fully saturated rings. The van der Waals surface area contributed by atoms with Crippen molar-refractivity contribution in [3.8, 4) is 0 Å². The molecular weight excluding hydrogens is 566 g/mol. The lowest BCUT2D eigenvalue weighted by Crippen LogP contribution is -2.40. The van der Waals surface area contributed by atoms with Gasteiger partial charge in [-0.3, -0.25) is 20.4 Å². The molecule has 0 bridgehead atoms. The largest absolute Gasteiger partial charge is 0.463 e. The van der Waals surface area contributed by atoms with Crippen molar-refractivity contribution in [2.24, 2.45) is 0 Å². The van der Waals surface area contributed by atoms with Crippen LogP contribution in [0.1, 0.15) is 56.1 Å². The number of hydrogen-bond donors (Lipinski definition) is 4. The van der Waals surface area contributed by atoms with Crippen LogP contribution in [0.25, 0.3) is 0 Å². The molecule has 0 spiro atoms. The summed E-state index contributed by atoms with van der Waals surface area (Å²) in [4.78, 5) is 44.1. The fraction of sp³-hybridized carbons (Fsp3) is 0.312. The molecule has 4 N–H and O–H groups in total. The Labute approximate surface area is 256 Å². The van der Waals surface area contributed by atoms with Crippen LogP contribution in [-0.2, 0) is 20.8 Å². The van der Waals surface area contributed by atoms with Crippen LogP contribution in [0.3, 0.4) is 0 Å². The quantitative estimate of drug-likeness (QED) is 0.276. The number of anilines is 2. The fourth-order valence-electron chi connectivity index (χ4n) is 4.20. The summed E-state index contributed by atoms with van der Waals surface area (Å²) in [6, 6.07) is 9.51. The standard InChI is InChI=1S/C32H37N5O7/c1-32(2,3)44-31(41)35-25-13-8-7-12-24(25)34-29(39)26-15-14-22(18-33-26)19-37(16-9-17-38)30(40)36-28-21-42-20-27(43-28)23-10-5-4-6-11-23/h4-5,7-8,10,12-15,18,20-21,38H,6,9,11,16-17,19H2,1-3H3,(H,34,39)(H,35,41)(H,36,40). The normalized spacial score (nSPS) is 14.1. The zero-order valence-electron chi connectivity index (χ0n) is 25.0. The molecule has 2 aliphatic rings. The molecule has 4 rings (SSSR count). The second-order valence-corrected chi connectivity index (χ2v) is 11.0. The summed E-state index contributed by atoms with van der Waals surface area (Å²) in [7, 11) is 0. The van der Waals surface area contributed by atoms with Crippen LogP contribution >= 0.6 is 0 Å². The first-order chi connectivity index (χ1) is 21.1. The van der Waals surface area contributed by atoms with Crippen molar-refractivity contribution in [2.45, 2.75) is 52.2 Å². The molecule has 1 aromatic carbocycles. The highest BCUT2D eigenvalue weighted by atomic mass is 16.6. The average Bonchev–Trinajstić information content (AvgIpc) is 3.00. The zero-order chi connectivity index (χ0) is 31.5. The molecule has 2 aromatic rings. The summed E-state index contributed by atoms with van der Waals surface area (Å²) in [5, 5.41) is 17.5. The summed E-state index contributed by atoms with van der Waals surface area (Å²) in [6.07, 6.45) is 11.6. The minimum Gasteiger partial charge on any atom is -0.463 e. The zero-order valence-corrected chi connectivity index (χ0v) is 25.0. The average molecular weight is 604 g/mol. The molecule has 0 radical (unpaired) electrons. The molecule has 0 saturated heterocycles. The number of pyridine rings is 1. The number of ether oxygens (including phenoxy) is 3. The van der Waals surface area contributed by atoms with Crippen LogP contribution in [-0.4, -0.2) is 51.8 Å². The van der Waals surface area contributed by atoms with Crippen molar-refractivity contribution in [1.82, 2.24) is 15.2 Å². The second-order valence-electron chi connectivity index (χ2n) is 11.0. The Hall–Kier alpha value is -5.10. The molecule has 0 atom stereocenters. The van der Waals surface area contributed by atoms with Crippen LogP contribution in [0.4, 0.5) is 21.0 Å². The number of aromatic nitrogens is 1. The molecular formula is C32H37N5O7. The molecule has 0 unspecified atom stereocenters. The van der Waals surface area contributed by atoms with Gasteiger partial charge in [0.05, 0.1) is 11.4 Å². The van der Waals surface area contributed by atoms with E-state index in [1.165, 1.54) is 23.6 Å². The van der Waals surface area contributed by atoms with Gasteiger partial charge >= 0.3 is 12.1 Å². The minimum atomic E-state index is -0.678.